The highest BCUT2D eigenvalue weighted by Crippen LogP contribution is 2.31. The van der Waals surface area contributed by atoms with Gasteiger partial charge in [0.25, 0.3) is 11.8 Å². The zero-order valence-corrected chi connectivity index (χ0v) is 15.8. The Bertz CT molecular complexity index is 1040. The van der Waals surface area contributed by atoms with Crippen LogP contribution in [0.5, 0.6) is 0 Å². The Hall–Kier alpha value is -3.62. The fourth-order valence-electron chi connectivity index (χ4n) is 3.42. The molecule has 8 nitrogen and oxygen atoms in total. The van der Waals surface area contributed by atoms with Crippen LogP contribution in [0.3, 0.4) is 0 Å². The van der Waals surface area contributed by atoms with Crippen molar-refractivity contribution in [3.63, 3.8) is 0 Å². The number of fused-ring (bicyclic) bond motifs is 1. The second kappa shape index (κ2) is 7.08. The number of halogens is 1. The molecule has 1 fully saturated rings. The summed E-state index contributed by atoms with van der Waals surface area (Å²) in [6.45, 7) is 3.61. The van der Waals surface area contributed by atoms with Crippen LogP contribution in [0.1, 0.15) is 11.1 Å². The molecule has 2 aliphatic heterocycles. The van der Waals surface area contributed by atoms with E-state index in [1.165, 1.54) is 29.3 Å². The number of anilines is 2. The Labute approximate surface area is 166 Å². The highest BCUT2D eigenvalue weighted by molar-refractivity contribution is 6.25. The third-order valence-corrected chi connectivity index (χ3v) is 5.13. The van der Waals surface area contributed by atoms with Crippen LogP contribution >= 0.6 is 0 Å². The Kier molecular flexibility index (Phi) is 4.57. The standard InChI is InChI=1S/C20H18FN5O3/c1-11-4-3-5-15(12(11)2)22-16(27)10-25-18-17(23-24-25)19(28)26(20(18)29)14-8-6-13(21)7-9-14/h3-9,17-18H,10H2,1-2H3,(H,22,27)/t17-,18+/m0/s1. The van der Waals surface area contributed by atoms with Gasteiger partial charge in [0.1, 0.15) is 12.4 Å². The number of imide groups is 1. The first kappa shape index (κ1) is 18.7. The monoisotopic (exact) mass is 395 g/mol. The first-order chi connectivity index (χ1) is 13.9. The normalized spacial score (nSPS) is 20.4. The second-order valence-corrected chi connectivity index (χ2v) is 6.98. The van der Waals surface area contributed by atoms with E-state index < -0.39 is 29.7 Å². The quantitative estimate of drug-likeness (QED) is 0.804. The predicted molar refractivity (Wildman–Crippen MR) is 103 cm³/mol. The van der Waals surface area contributed by atoms with Gasteiger partial charge in [-0.3, -0.25) is 19.4 Å². The molecular weight excluding hydrogens is 377 g/mol. The summed E-state index contributed by atoms with van der Waals surface area (Å²) in [5, 5.41) is 11.8. The second-order valence-electron chi connectivity index (χ2n) is 6.98. The summed E-state index contributed by atoms with van der Waals surface area (Å²) in [6, 6.07) is 8.59. The number of nitrogens with zero attached hydrogens (tertiary/aromatic N) is 4. The first-order valence-corrected chi connectivity index (χ1v) is 9.03. The van der Waals surface area contributed by atoms with Crippen molar-refractivity contribution in [1.29, 1.82) is 0 Å². The van der Waals surface area contributed by atoms with Crippen LogP contribution in [0.15, 0.2) is 52.8 Å². The van der Waals surface area contributed by atoms with Crippen molar-refractivity contribution in [1.82, 2.24) is 5.01 Å². The highest BCUT2D eigenvalue weighted by Gasteiger charge is 2.55. The van der Waals surface area contributed by atoms with Crippen molar-refractivity contribution in [2.45, 2.75) is 25.9 Å². The van der Waals surface area contributed by atoms with E-state index in [1.54, 1.807) is 6.07 Å². The summed E-state index contributed by atoms with van der Waals surface area (Å²) in [7, 11) is 0. The maximum Gasteiger partial charge on any atom is 0.263 e. The Morgan fingerprint density at radius 1 is 1.10 bits per heavy atom. The zero-order valence-electron chi connectivity index (χ0n) is 15.8. The van der Waals surface area contributed by atoms with Crippen LogP contribution < -0.4 is 10.2 Å². The molecule has 2 heterocycles. The smallest absolute Gasteiger partial charge is 0.263 e. The van der Waals surface area contributed by atoms with E-state index in [1.807, 2.05) is 26.0 Å². The molecule has 1 N–H and O–H groups in total. The molecule has 0 spiro atoms. The van der Waals surface area contributed by atoms with E-state index in [0.717, 1.165) is 16.0 Å². The van der Waals surface area contributed by atoms with Gasteiger partial charge in [-0.1, -0.05) is 17.4 Å². The molecule has 2 aromatic rings. The third-order valence-electron chi connectivity index (χ3n) is 5.13. The molecule has 0 aliphatic carbocycles. The van der Waals surface area contributed by atoms with Crippen molar-refractivity contribution >= 4 is 29.1 Å². The molecule has 1 saturated heterocycles. The van der Waals surface area contributed by atoms with Gasteiger partial charge in [0.15, 0.2) is 12.1 Å². The predicted octanol–water partition coefficient (Wildman–Crippen LogP) is 2.37. The average molecular weight is 395 g/mol. The molecule has 3 amide bonds. The summed E-state index contributed by atoms with van der Waals surface area (Å²) < 4.78 is 13.2. The van der Waals surface area contributed by atoms with E-state index in [0.29, 0.717) is 5.69 Å². The topological polar surface area (TPSA) is 94.4 Å². The summed E-state index contributed by atoms with van der Waals surface area (Å²) >= 11 is 0. The van der Waals surface area contributed by atoms with Crippen molar-refractivity contribution in [2.75, 3.05) is 16.8 Å². The first-order valence-electron chi connectivity index (χ1n) is 9.03. The molecule has 2 atom stereocenters. The van der Waals surface area contributed by atoms with Crippen LogP contribution in [0, 0.1) is 19.7 Å². The van der Waals surface area contributed by atoms with Gasteiger partial charge < -0.3 is 5.32 Å². The SMILES string of the molecule is Cc1cccc(NC(=O)CN2N=N[C@@H]3C(=O)N(c4ccc(F)cc4)C(=O)[C@@H]32)c1C. The van der Waals surface area contributed by atoms with E-state index in [4.69, 9.17) is 0 Å². The van der Waals surface area contributed by atoms with E-state index in [9.17, 15) is 18.8 Å². The fourth-order valence-corrected chi connectivity index (χ4v) is 3.42. The lowest BCUT2D eigenvalue weighted by Crippen LogP contribution is -2.43. The maximum atomic E-state index is 13.2. The average Bonchev–Trinajstić information content (AvgIpc) is 3.20. The van der Waals surface area contributed by atoms with Crippen LogP contribution in [-0.2, 0) is 14.4 Å². The van der Waals surface area contributed by atoms with Crippen LogP contribution in [0.25, 0.3) is 0 Å². The minimum absolute atomic E-state index is 0.228. The number of benzene rings is 2. The Morgan fingerprint density at radius 3 is 2.55 bits per heavy atom. The van der Waals surface area contributed by atoms with E-state index in [2.05, 4.69) is 15.7 Å². The van der Waals surface area contributed by atoms with Gasteiger partial charge in [0.2, 0.25) is 5.91 Å². The van der Waals surface area contributed by atoms with E-state index >= 15 is 0 Å². The molecule has 0 saturated carbocycles. The fraction of sp³-hybridized carbons (Fsp3) is 0.250. The number of amides is 3. The van der Waals surface area contributed by atoms with Gasteiger partial charge in [-0.2, -0.15) is 5.11 Å². The Morgan fingerprint density at radius 2 is 1.83 bits per heavy atom. The highest BCUT2D eigenvalue weighted by atomic mass is 19.1. The lowest BCUT2D eigenvalue weighted by molar-refractivity contribution is -0.123. The molecular formula is C20H18FN5O3. The maximum absolute atomic E-state index is 13.2. The Balaban J connectivity index is 1.49. The van der Waals surface area contributed by atoms with Gasteiger partial charge >= 0.3 is 0 Å². The van der Waals surface area contributed by atoms with Gasteiger partial charge in [-0.05, 0) is 55.3 Å². The van der Waals surface area contributed by atoms with E-state index in [-0.39, 0.29) is 18.1 Å². The largest absolute Gasteiger partial charge is 0.324 e. The van der Waals surface area contributed by atoms with Gasteiger partial charge in [0.05, 0.1) is 5.69 Å². The van der Waals surface area contributed by atoms with Crippen LogP contribution in [-0.4, -0.2) is 41.4 Å². The number of rotatable bonds is 4. The van der Waals surface area contributed by atoms with Crippen molar-refractivity contribution in [3.8, 4) is 0 Å². The number of carbonyl (C=O) groups is 3. The molecule has 148 valence electrons. The lowest BCUT2D eigenvalue weighted by atomic mass is 10.1. The molecule has 2 aromatic carbocycles. The summed E-state index contributed by atoms with van der Waals surface area (Å²) in [6.07, 6.45) is 0. The molecule has 29 heavy (non-hydrogen) atoms. The molecule has 0 unspecified atom stereocenters. The molecule has 0 bridgehead atoms. The van der Waals surface area contributed by atoms with Gasteiger partial charge in [-0.15, -0.1) is 0 Å². The molecule has 0 radical (unpaired) electrons. The number of hydrogen-bond acceptors (Lipinski definition) is 6. The van der Waals surface area contributed by atoms with Crippen molar-refractivity contribution in [3.05, 3.63) is 59.4 Å². The van der Waals surface area contributed by atoms with Gasteiger partial charge in [0, 0.05) is 5.69 Å². The third kappa shape index (κ3) is 3.24. The molecule has 2 aliphatic rings. The number of nitrogens with one attached hydrogen (secondary N) is 1. The van der Waals surface area contributed by atoms with Crippen molar-refractivity contribution < 1.29 is 18.8 Å². The number of aryl methyl sites for hydroxylation is 1. The summed E-state index contributed by atoms with van der Waals surface area (Å²) in [4.78, 5) is 38.9. The number of hydrogen-bond donors (Lipinski definition) is 1. The minimum atomic E-state index is -1.01. The summed E-state index contributed by atoms with van der Waals surface area (Å²) in [5.74, 6) is -1.94. The molecule has 9 heteroatoms. The lowest BCUT2D eigenvalue weighted by Gasteiger charge is -2.20. The zero-order chi connectivity index (χ0) is 20.7. The van der Waals surface area contributed by atoms with Crippen LogP contribution in [0.4, 0.5) is 15.8 Å². The molecule has 4 rings (SSSR count). The minimum Gasteiger partial charge on any atom is -0.324 e. The van der Waals surface area contributed by atoms with Crippen LogP contribution in [0.2, 0.25) is 0 Å². The molecule has 0 aromatic heterocycles. The number of carbonyl (C=O) groups excluding carboxylic acids is 3. The summed E-state index contributed by atoms with van der Waals surface area (Å²) in [5.41, 5.74) is 2.90. The van der Waals surface area contributed by atoms with Gasteiger partial charge in [-0.25, -0.2) is 9.29 Å². The van der Waals surface area contributed by atoms with Crippen molar-refractivity contribution in [2.24, 2.45) is 10.3 Å².